The number of ether oxygens (including phenoxy) is 1. The maximum atomic E-state index is 13.2. The van der Waals surface area contributed by atoms with E-state index < -0.39 is 17.9 Å². The van der Waals surface area contributed by atoms with Crippen molar-refractivity contribution in [2.75, 3.05) is 7.11 Å². The second-order valence-electron chi connectivity index (χ2n) is 6.53. The van der Waals surface area contributed by atoms with Crippen LogP contribution in [0.3, 0.4) is 0 Å². The van der Waals surface area contributed by atoms with Gasteiger partial charge < -0.3 is 9.30 Å². The van der Waals surface area contributed by atoms with Crippen molar-refractivity contribution in [1.29, 1.82) is 0 Å². The molecule has 8 heteroatoms. The Morgan fingerprint density at radius 1 is 0.968 bits per heavy atom. The number of hydrogen-bond donors (Lipinski definition) is 0. The summed E-state index contributed by atoms with van der Waals surface area (Å²) in [5, 5.41) is 0.284. The minimum Gasteiger partial charge on any atom is -0.364 e. The number of methoxy groups -OCH3 is 1. The van der Waals surface area contributed by atoms with Gasteiger partial charge >= 0.3 is 12.4 Å². The van der Waals surface area contributed by atoms with Crippen molar-refractivity contribution in [3.8, 4) is 11.3 Å². The van der Waals surface area contributed by atoms with Gasteiger partial charge in [0.1, 0.15) is 6.73 Å². The molecule has 0 unspecified atom stereocenters. The number of fused-ring (bicyclic) bond motifs is 1. The van der Waals surface area contributed by atoms with Gasteiger partial charge in [-0.2, -0.15) is 26.3 Å². The third kappa shape index (κ3) is 5.50. The van der Waals surface area contributed by atoms with Crippen LogP contribution in [0.4, 0.5) is 26.3 Å². The second-order valence-corrected chi connectivity index (χ2v) is 6.53. The molecule has 2 nitrogen and oxygen atoms in total. The third-order valence-corrected chi connectivity index (χ3v) is 4.47. The molecule has 0 radical (unpaired) electrons. The lowest BCUT2D eigenvalue weighted by molar-refractivity contribution is -0.137. The van der Waals surface area contributed by atoms with Crippen LogP contribution in [-0.4, -0.2) is 17.9 Å². The maximum Gasteiger partial charge on any atom is 0.416 e. The summed E-state index contributed by atoms with van der Waals surface area (Å²) < 4.78 is 85.5. The molecular formula is C23H23F6NO. The van der Waals surface area contributed by atoms with Gasteiger partial charge in [-0.1, -0.05) is 50.2 Å². The van der Waals surface area contributed by atoms with Crippen LogP contribution >= 0.6 is 0 Å². The molecule has 0 aliphatic carbocycles. The van der Waals surface area contributed by atoms with E-state index in [0.717, 1.165) is 12.1 Å². The van der Waals surface area contributed by atoms with Crippen molar-refractivity contribution in [3.63, 3.8) is 0 Å². The molecule has 0 saturated carbocycles. The predicted molar refractivity (Wildman–Crippen MR) is 110 cm³/mol. The van der Waals surface area contributed by atoms with Crippen molar-refractivity contribution >= 4 is 16.5 Å². The first-order valence-electron chi connectivity index (χ1n) is 9.57. The van der Waals surface area contributed by atoms with Crippen molar-refractivity contribution in [1.82, 2.24) is 4.57 Å². The SMILES string of the molecule is CC.COCn1c(-c2ccccc2)c(/C(C)=C/C(F)(F)F)c2ccc(C(F)(F)F)cc21. The van der Waals surface area contributed by atoms with E-state index in [9.17, 15) is 26.3 Å². The minimum atomic E-state index is -4.58. The zero-order chi connectivity index (χ0) is 23.4. The molecule has 0 aliphatic heterocycles. The predicted octanol–water partition coefficient (Wildman–Crippen LogP) is 7.92. The Morgan fingerprint density at radius 3 is 2.10 bits per heavy atom. The molecule has 0 N–H and O–H groups in total. The third-order valence-electron chi connectivity index (χ3n) is 4.47. The van der Waals surface area contributed by atoms with E-state index in [4.69, 9.17) is 4.74 Å². The zero-order valence-electron chi connectivity index (χ0n) is 17.5. The largest absolute Gasteiger partial charge is 0.416 e. The van der Waals surface area contributed by atoms with E-state index in [1.54, 1.807) is 30.3 Å². The van der Waals surface area contributed by atoms with Gasteiger partial charge in [0.05, 0.1) is 16.8 Å². The quantitative estimate of drug-likeness (QED) is 0.374. The highest BCUT2D eigenvalue weighted by atomic mass is 19.4. The maximum absolute atomic E-state index is 13.2. The molecule has 0 bridgehead atoms. The highest BCUT2D eigenvalue weighted by Crippen LogP contribution is 2.41. The van der Waals surface area contributed by atoms with Gasteiger partial charge in [0.2, 0.25) is 0 Å². The van der Waals surface area contributed by atoms with Crippen molar-refractivity contribution in [2.24, 2.45) is 0 Å². The van der Waals surface area contributed by atoms with Crippen LogP contribution in [0, 0.1) is 0 Å². The summed E-state index contributed by atoms with van der Waals surface area (Å²) >= 11 is 0. The average molecular weight is 443 g/mol. The fourth-order valence-electron chi connectivity index (χ4n) is 3.40. The lowest BCUT2D eigenvalue weighted by Crippen LogP contribution is -2.06. The number of benzene rings is 2. The summed E-state index contributed by atoms with van der Waals surface area (Å²) in [5.41, 5.74) is 0.304. The summed E-state index contributed by atoms with van der Waals surface area (Å²) in [7, 11) is 1.37. The first kappa shape index (κ1) is 24.5. The van der Waals surface area contributed by atoms with Gasteiger partial charge in [-0.05, 0) is 30.2 Å². The topological polar surface area (TPSA) is 14.2 Å². The number of alkyl halides is 6. The molecule has 1 aromatic heterocycles. The van der Waals surface area contributed by atoms with Crippen LogP contribution in [0.1, 0.15) is 31.9 Å². The van der Waals surface area contributed by atoms with Gasteiger partial charge in [-0.15, -0.1) is 0 Å². The Morgan fingerprint density at radius 2 is 1.58 bits per heavy atom. The number of aromatic nitrogens is 1. The summed E-state index contributed by atoms with van der Waals surface area (Å²) in [5.74, 6) is 0. The smallest absolute Gasteiger partial charge is 0.364 e. The Bertz CT molecular complexity index is 1050. The Hall–Kier alpha value is -2.74. The standard InChI is InChI=1S/C21H17F6NO.C2H6/c1-13(11-20(22,23)24)18-16-9-8-15(21(25,26)27)10-17(16)28(12-29-2)19(18)14-6-4-3-5-7-14;1-2/h3-11H,12H2,1-2H3;1-2H3/b13-11+;. The molecule has 1 heterocycles. The van der Waals surface area contributed by atoms with Gasteiger partial charge in [-0.3, -0.25) is 0 Å². The van der Waals surface area contributed by atoms with E-state index in [-0.39, 0.29) is 34.8 Å². The summed E-state index contributed by atoms with van der Waals surface area (Å²) in [4.78, 5) is 0. The zero-order valence-corrected chi connectivity index (χ0v) is 17.5. The van der Waals surface area contributed by atoms with Gasteiger partial charge in [0, 0.05) is 24.1 Å². The first-order valence-corrected chi connectivity index (χ1v) is 9.57. The molecule has 0 atom stereocenters. The molecule has 3 aromatic rings. The fourth-order valence-corrected chi connectivity index (χ4v) is 3.40. The molecule has 0 fully saturated rings. The molecule has 168 valence electrons. The first-order chi connectivity index (χ1) is 14.5. The molecule has 0 amide bonds. The Labute approximate surface area is 176 Å². The second kappa shape index (κ2) is 9.60. The van der Waals surface area contributed by atoms with Crippen LogP contribution in [0.5, 0.6) is 0 Å². The van der Waals surface area contributed by atoms with E-state index in [0.29, 0.717) is 11.3 Å². The molecule has 3 rings (SSSR count). The summed E-state index contributed by atoms with van der Waals surface area (Å²) in [6.07, 6.45) is -9.00. The van der Waals surface area contributed by atoms with Crippen molar-refractivity contribution in [3.05, 3.63) is 65.7 Å². The highest BCUT2D eigenvalue weighted by Gasteiger charge is 2.32. The van der Waals surface area contributed by atoms with Crippen molar-refractivity contribution < 1.29 is 31.1 Å². The van der Waals surface area contributed by atoms with E-state index in [1.165, 1.54) is 24.7 Å². The number of allylic oxidation sites excluding steroid dienone is 2. The fraction of sp³-hybridized carbons (Fsp3) is 0.304. The van der Waals surface area contributed by atoms with E-state index >= 15 is 0 Å². The van der Waals surface area contributed by atoms with Crippen molar-refractivity contribution in [2.45, 2.75) is 39.9 Å². The van der Waals surface area contributed by atoms with Gasteiger partial charge in [0.15, 0.2) is 0 Å². The monoisotopic (exact) mass is 443 g/mol. The molecule has 2 aromatic carbocycles. The highest BCUT2D eigenvalue weighted by molar-refractivity contribution is 6.01. The van der Waals surface area contributed by atoms with Crippen LogP contribution < -0.4 is 0 Å². The molecular weight excluding hydrogens is 420 g/mol. The summed E-state index contributed by atoms with van der Waals surface area (Å²) in [6, 6.07) is 11.6. The molecule has 0 aliphatic rings. The van der Waals surface area contributed by atoms with Crippen LogP contribution in [-0.2, 0) is 17.6 Å². The van der Waals surface area contributed by atoms with E-state index in [2.05, 4.69) is 0 Å². The van der Waals surface area contributed by atoms with Crippen LogP contribution in [0.25, 0.3) is 27.7 Å². The Balaban J connectivity index is 0.00000166. The van der Waals surface area contributed by atoms with Crippen LogP contribution in [0.15, 0.2) is 54.6 Å². The molecule has 31 heavy (non-hydrogen) atoms. The summed E-state index contributed by atoms with van der Waals surface area (Å²) in [6.45, 7) is 5.17. The van der Waals surface area contributed by atoms with Gasteiger partial charge in [0.25, 0.3) is 0 Å². The van der Waals surface area contributed by atoms with Crippen LogP contribution in [0.2, 0.25) is 0 Å². The minimum absolute atomic E-state index is 0.101. The lowest BCUT2D eigenvalue weighted by atomic mass is 9.98. The average Bonchev–Trinajstić information content (AvgIpc) is 3.02. The normalized spacial score (nSPS) is 12.6. The number of halogens is 6. The lowest BCUT2D eigenvalue weighted by Gasteiger charge is -2.13. The number of rotatable bonds is 4. The molecule has 0 saturated heterocycles. The Kier molecular flexibility index (Phi) is 7.59. The number of hydrogen-bond acceptors (Lipinski definition) is 1. The molecule has 0 spiro atoms. The van der Waals surface area contributed by atoms with Gasteiger partial charge in [-0.25, -0.2) is 0 Å². The van der Waals surface area contributed by atoms with E-state index in [1.807, 2.05) is 13.8 Å². The number of nitrogens with zero attached hydrogens (tertiary/aromatic N) is 1.